The summed E-state index contributed by atoms with van der Waals surface area (Å²) < 4.78 is 4.64. The van der Waals surface area contributed by atoms with E-state index in [1.165, 1.54) is 7.11 Å². The van der Waals surface area contributed by atoms with Crippen LogP contribution in [0.4, 0.5) is 5.13 Å². The number of carbonyl (C=O) groups is 2. The van der Waals surface area contributed by atoms with Gasteiger partial charge in [-0.15, -0.1) is 0 Å². The summed E-state index contributed by atoms with van der Waals surface area (Å²) in [4.78, 5) is 29.7. The molecule has 2 rings (SSSR count). The molecular formula is C11H14ClN3O3S. The van der Waals surface area contributed by atoms with E-state index < -0.39 is 11.5 Å². The molecule has 1 saturated heterocycles. The Labute approximate surface area is 119 Å². The molecule has 0 atom stereocenters. The number of carbonyl (C=O) groups excluding carboxylic acids is 2. The van der Waals surface area contributed by atoms with Crippen molar-refractivity contribution in [1.82, 2.24) is 10.3 Å². The van der Waals surface area contributed by atoms with Crippen LogP contribution in [0.5, 0.6) is 0 Å². The Morgan fingerprint density at radius 3 is 2.89 bits per heavy atom. The number of halogens is 1. The standard InChI is InChI=1S/C11H14ClN3O3S/c1-11(2)9(17)13-4-5-15(11)10-14-7(12)6(19-10)8(16)18-3/h4-5H2,1-3H3,(H,13,17). The van der Waals surface area contributed by atoms with Crippen molar-refractivity contribution in [3.8, 4) is 0 Å². The molecule has 1 aromatic rings. The number of hydrogen-bond acceptors (Lipinski definition) is 6. The second-order valence-electron chi connectivity index (χ2n) is 4.57. The average Bonchev–Trinajstić information content (AvgIpc) is 2.73. The van der Waals surface area contributed by atoms with Crippen LogP contribution in [-0.2, 0) is 9.53 Å². The molecular weight excluding hydrogens is 290 g/mol. The highest BCUT2D eigenvalue weighted by molar-refractivity contribution is 7.18. The molecule has 1 amide bonds. The van der Waals surface area contributed by atoms with Crippen molar-refractivity contribution in [1.29, 1.82) is 0 Å². The summed E-state index contributed by atoms with van der Waals surface area (Å²) in [6.45, 7) is 4.75. The number of esters is 1. The third kappa shape index (κ3) is 2.40. The van der Waals surface area contributed by atoms with E-state index in [0.29, 0.717) is 18.2 Å². The van der Waals surface area contributed by atoms with Gasteiger partial charge in [0.05, 0.1) is 7.11 Å². The second kappa shape index (κ2) is 4.97. The highest BCUT2D eigenvalue weighted by Crippen LogP contribution is 2.34. The van der Waals surface area contributed by atoms with Crippen molar-refractivity contribution >= 4 is 39.9 Å². The summed E-state index contributed by atoms with van der Waals surface area (Å²) >= 11 is 7.07. The van der Waals surface area contributed by atoms with Crippen LogP contribution in [0.2, 0.25) is 5.15 Å². The van der Waals surface area contributed by atoms with Gasteiger partial charge in [-0.1, -0.05) is 22.9 Å². The Bertz CT molecular complexity index is 529. The zero-order chi connectivity index (χ0) is 14.2. The van der Waals surface area contributed by atoms with E-state index in [1.54, 1.807) is 13.8 Å². The summed E-state index contributed by atoms with van der Waals surface area (Å²) in [7, 11) is 1.29. The number of amides is 1. The van der Waals surface area contributed by atoms with Crippen LogP contribution >= 0.6 is 22.9 Å². The third-order valence-corrected chi connectivity index (χ3v) is 4.47. The molecule has 0 bridgehead atoms. The number of nitrogens with one attached hydrogen (secondary N) is 1. The smallest absolute Gasteiger partial charge is 0.351 e. The molecule has 0 saturated carbocycles. The van der Waals surface area contributed by atoms with Crippen molar-refractivity contribution in [3.63, 3.8) is 0 Å². The van der Waals surface area contributed by atoms with Gasteiger partial charge in [0.2, 0.25) is 5.91 Å². The molecule has 0 radical (unpaired) electrons. The first-order valence-electron chi connectivity index (χ1n) is 5.68. The number of aromatic nitrogens is 1. The van der Waals surface area contributed by atoms with Crippen LogP contribution in [-0.4, -0.2) is 42.6 Å². The fourth-order valence-corrected chi connectivity index (χ4v) is 3.23. The van der Waals surface area contributed by atoms with Crippen molar-refractivity contribution < 1.29 is 14.3 Å². The normalized spacial score (nSPS) is 18.1. The van der Waals surface area contributed by atoms with E-state index >= 15 is 0 Å². The van der Waals surface area contributed by atoms with Gasteiger partial charge in [-0.3, -0.25) is 4.79 Å². The number of anilines is 1. The maximum atomic E-state index is 11.9. The predicted molar refractivity (Wildman–Crippen MR) is 72.9 cm³/mol. The number of ether oxygens (including phenoxy) is 1. The van der Waals surface area contributed by atoms with Crippen LogP contribution in [0.25, 0.3) is 0 Å². The molecule has 0 aliphatic carbocycles. The molecule has 1 aliphatic rings. The average molecular weight is 304 g/mol. The number of rotatable bonds is 2. The summed E-state index contributed by atoms with van der Waals surface area (Å²) in [5.41, 5.74) is -0.729. The van der Waals surface area contributed by atoms with Gasteiger partial charge in [0, 0.05) is 13.1 Å². The number of methoxy groups -OCH3 is 1. The first kappa shape index (κ1) is 14.1. The highest BCUT2D eigenvalue weighted by atomic mass is 35.5. The van der Waals surface area contributed by atoms with Gasteiger partial charge in [0.1, 0.15) is 5.54 Å². The fourth-order valence-electron chi connectivity index (χ4n) is 1.86. The first-order valence-corrected chi connectivity index (χ1v) is 6.88. The van der Waals surface area contributed by atoms with Crippen LogP contribution < -0.4 is 10.2 Å². The molecule has 8 heteroatoms. The van der Waals surface area contributed by atoms with Gasteiger partial charge in [-0.05, 0) is 13.8 Å². The number of hydrogen-bond donors (Lipinski definition) is 1. The van der Waals surface area contributed by atoms with Gasteiger partial charge in [0.25, 0.3) is 0 Å². The Hall–Kier alpha value is -1.34. The second-order valence-corrected chi connectivity index (χ2v) is 5.91. The molecule has 0 unspecified atom stereocenters. The summed E-state index contributed by atoms with van der Waals surface area (Å²) in [6.07, 6.45) is 0. The Morgan fingerprint density at radius 1 is 1.58 bits per heavy atom. The van der Waals surface area contributed by atoms with E-state index in [0.717, 1.165) is 11.3 Å². The van der Waals surface area contributed by atoms with Gasteiger partial charge < -0.3 is 15.0 Å². The zero-order valence-corrected chi connectivity index (χ0v) is 12.4. The van der Waals surface area contributed by atoms with Crippen molar-refractivity contribution in [2.75, 3.05) is 25.1 Å². The van der Waals surface area contributed by atoms with Gasteiger partial charge >= 0.3 is 5.97 Å². The van der Waals surface area contributed by atoms with E-state index in [9.17, 15) is 9.59 Å². The van der Waals surface area contributed by atoms with Crippen LogP contribution in [0, 0.1) is 0 Å². The van der Waals surface area contributed by atoms with E-state index in [-0.39, 0.29) is 15.9 Å². The van der Waals surface area contributed by atoms with Crippen molar-refractivity contribution in [2.24, 2.45) is 0 Å². The number of nitrogens with zero attached hydrogens (tertiary/aromatic N) is 2. The number of piperazine rings is 1. The molecule has 0 spiro atoms. The molecule has 2 heterocycles. The van der Waals surface area contributed by atoms with Crippen molar-refractivity contribution in [3.05, 3.63) is 10.0 Å². The minimum Gasteiger partial charge on any atom is -0.465 e. The van der Waals surface area contributed by atoms with Gasteiger partial charge in [-0.2, -0.15) is 0 Å². The van der Waals surface area contributed by atoms with E-state index in [1.807, 2.05) is 4.90 Å². The van der Waals surface area contributed by atoms with E-state index in [2.05, 4.69) is 15.0 Å². The van der Waals surface area contributed by atoms with Gasteiger partial charge in [-0.25, -0.2) is 9.78 Å². The van der Waals surface area contributed by atoms with Crippen LogP contribution in [0.3, 0.4) is 0 Å². The Kier molecular flexibility index (Phi) is 3.69. The number of thiazole rings is 1. The van der Waals surface area contributed by atoms with Gasteiger partial charge in [0.15, 0.2) is 15.2 Å². The monoisotopic (exact) mass is 303 g/mol. The Balaban J connectivity index is 2.36. The lowest BCUT2D eigenvalue weighted by atomic mass is 10.00. The topological polar surface area (TPSA) is 71.5 Å². The van der Waals surface area contributed by atoms with Crippen LogP contribution in [0.1, 0.15) is 23.5 Å². The molecule has 1 fully saturated rings. The minimum atomic E-state index is -0.729. The lowest BCUT2D eigenvalue weighted by Crippen LogP contribution is -2.62. The minimum absolute atomic E-state index is 0.0790. The molecule has 0 aromatic carbocycles. The molecule has 1 N–H and O–H groups in total. The molecule has 19 heavy (non-hydrogen) atoms. The zero-order valence-electron chi connectivity index (χ0n) is 10.8. The summed E-state index contributed by atoms with van der Waals surface area (Å²) in [5.74, 6) is -0.599. The molecule has 1 aromatic heterocycles. The lowest BCUT2D eigenvalue weighted by molar-refractivity contribution is -0.126. The predicted octanol–water partition coefficient (Wildman–Crippen LogP) is 1.30. The lowest BCUT2D eigenvalue weighted by Gasteiger charge is -2.40. The maximum absolute atomic E-state index is 11.9. The fraction of sp³-hybridized carbons (Fsp3) is 0.545. The highest BCUT2D eigenvalue weighted by Gasteiger charge is 2.39. The third-order valence-electron chi connectivity index (χ3n) is 3.03. The quantitative estimate of drug-likeness (QED) is 0.834. The maximum Gasteiger partial charge on any atom is 0.351 e. The largest absolute Gasteiger partial charge is 0.465 e. The SMILES string of the molecule is COC(=O)c1sc(N2CCNC(=O)C2(C)C)nc1Cl. The Morgan fingerprint density at radius 2 is 2.26 bits per heavy atom. The molecule has 6 nitrogen and oxygen atoms in total. The summed E-state index contributed by atoms with van der Waals surface area (Å²) in [6, 6.07) is 0. The molecule has 1 aliphatic heterocycles. The molecule has 104 valence electrons. The van der Waals surface area contributed by atoms with E-state index in [4.69, 9.17) is 11.6 Å². The van der Waals surface area contributed by atoms with Crippen molar-refractivity contribution in [2.45, 2.75) is 19.4 Å². The van der Waals surface area contributed by atoms with Crippen LogP contribution in [0.15, 0.2) is 0 Å². The first-order chi connectivity index (χ1) is 8.87. The summed E-state index contributed by atoms with van der Waals surface area (Å²) in [5, 5.41) is 3.45.